The lowest BCUT2D eigenvalue weighted by atomic mass is 10.1. The summed E-state index contributed by atoms with van der Waals surface area (Å²) in [4.78, 5) is 9.67. The zero-order chi connectivity index (χ0) is 18.8. The number of nitrogens with zero attached hydrogens (tertiary/aromatic N) is 5. The Hall–Kier alpha value is -1.03. The topological polar surface area (TPSA) is 60.7 Å². The number of aryl methyl sites for hydroxylation is 1. The van der Waals surface area contributed by atoms with E-state index in [0.717, 1.165) is 51.8 Å². The summed E-state index contributed by atoms with van der Waals surface area (Å²) in [5, 5.41) is 11.3. The number of rotatable bonds is 9. The molecule has 1 aromatic heterocycles. The maximum Gasteiger partial charge on any atom is 0.191 e. The molecule has 1 unspecified atom stereocenters. The van der Waals surface area contributed by atoms with Crippen LogP contribution in [0.4, 0.5) is 5.69 Å². The minimum atomic E-state index is 0. The molecular formula is C19H38IN7. The number of hydrogen-bond donors (Lipinski definition) is 2. The first-order chi connectivity index (χ1) is 12.7. The van der Waals surface area contributed by atoms with Gasteiger partial charge in [0.15, 0.2) is 5.96 Å². The average Bonchev–Trinajstić information content (AvgIpc) is 3.08. The molecule has 1 aromatic rings. The zero-order valence-electron chi connectivity index (χ0n) is 17.4. The van der Waals surface area contributed by atoms with Crippen molar-refractivity contribution in [2.24, 2.45) is 12.0 Å². The standard InChI is InChI=1S/C19H37N7.HI/c1-5-11-25(7-3)13-10-21-19(20-6-2)23-17-9-8-12-26(15-17)18-14-22-24(4)16-18;/h14,16-17H,5-13,15H2,1-4H3,(H2,20,21,23);1H. The molecule has 1 fully saturated rings. The molecular weight excluding hydrogens is 453 g/mol. The summed E-state index contributed by atoms with van der Waals surface area (Å²) in [6.45, 7) is 13.6. The summed E-state index contributed by atoms with van der Waals surface area (Å²) in [5.41, 5.74) is 1.21. The summed E-state index contributed by atoms with van der Waals surface area (Å²) in [7, 11) is 1.97. The normalized spacial score (nSPS) is 17.7. The lowest BCUT2D eigenvalue weighted by Gasteiger charge is -2.34. The van der Waals surface area contributed by atoms with Gasteiger partial charge in [-0.1, -0.05) is 13.8 Å². The van der Waals surface area contributed by atoms with Crippen LogP contribution < -0.4 is 15.5 Å². The molecule has 0 aliphatic carbocycles. The van der Waals surface area contributed by atoms with Gasteiger partial charge in [-0.3, -0.25) is 9.67 Å². The predicted octanol–water partition coefficient (Wildman–Crippen LogP) is 2.29. The molecule has 1 saturated heterocycles. The Morgan fingerprint density at radius 3 is 2.78 bits per heavy atom. The number of aliphatic imine (C=N–C) groups is 1. The Labute approximate surface area is 182 Å². The fourth-order valence-electron chi connectivity index (χ4n) is 3.46. The van der Waals surface area contributed by atoms with Gasteiger partial charge in [-0.2, -0.15) is 5.10 Å². The van der Waals surface area contributed by atoms with Gasteiger partial charge in [0.1, 0.15) is 0 Å². The molecule has 0 amide bonds. The first-order valence-electron chi connectivity index (χ1n) is 10.2. The molecule has 1 aliphatic heterocycles. The van der Waals surface area contributed by atoms with Gasteiger partial charge < -0.3 is 20.4 Å². The Morgan fingerprint density at radius 1 is 1.33 bits per heavy atom. The predicted molar refractivity (Wildman–Crippen MR) is 125 cm³/mol. The summed E-state index contributed by atoms with van der Waals surface area (Å²) in [5.74, 6) is 0.943. The molecule has 156 valence electrons. The van der Waals surface area contributed by atoms with Gasteiger partial charge in [-0.15, -0.1) is 24.0 Å². The molecule has 0 saturated carbocycles. The van der Waals surface area contributed by atoms with Crippen LogP contribution in [0.1, 0.15) is 40.0 Å². The minimum absolute atomic E-state index is 0. The van der Waals surface area contributed by atoms with Gasteiger partial charge in [0.2, 0.25) is 0 Å². The lowest BCUT2D eigenvalue weighted by molar-refractivity contribution is 0.297. The third-order valence-corrected chi connectivity index (χ3v) is 4.84. The van der Waals surface area contributed by atoms with Crippen molar-refractivity contribution in [2.75, 3.05) is 50.7 Å². The maximum absolute atomic E-state index is 4.80. The number of hydrogen-bond acceptors (Lipinski definition) is 4. The summed E-state index contributed by atoms with van der Waals surface area (Å²) in [6.07, 6.45) is 7.61. The van der Waals surface area contributed by atoms with Gasteiger partial charge in [0, 0.05) is 45.5 Å². The molecule has 1 atom stereocenters. The van der Waals surface area contributed by atoms with E-state index in [1.165, 1.54) is 24.9 Å². The number of guanidine groups is 1. The molecule has 2 N–H and O–H groups in total. The Bertz CT molecular complexity index is 546. The van der Waals surface area contributed by atoms with Crippen LogP contribution in [-0.4, -0.2) is 72.5 Å². The second-order valence-electron chi connectivity index (χ2n) is 7.00. The third-order valence-electron chi connectivity index (χ3n) is 4.84. The van der Waals surface area contributed by atoms with Crippen LogP contribution in [0.15, 0.2) is 17.4 Å². The first-order valence-corrected chi connectivity index (χ1v) is 10.2. The van der Waals surface area contributed by atoms with Crippen LogP contribution in [0.2, 0.25) is 0 Å². The van der Waals surface area contributed by atoms with E-state index in [1.807, 2.05) is 17.9 Å². The lowest BCUT2D eigenvalue weighted by Crippen LogP contribution is -2.51. The number of halogens is 1. The van der Waals surface area contributed by atoms with Gasteiger partial charge in [0.25, 0.3) is 0 Å². The van der Waals surface area contributed by atoms with Crippen LogP contribution in [-0.2, 0) is 7.05 Å². The summed E-state index contributed by atoms with van der Waals surface area (Å²) >= 11 is 0. The van der Waals surface area contributed by atoms with Crippen molar-refractivity contribution in [3.63, 3.8) is 0 Å². The van der Waals surface area contributed by atoms with E-state index in [-0.39, 0.29) is 24.0 Å². The maximum atomic E-state index is 4.80. The summed E-state index contributed by atoms with van der Waals surface area (Å²) < 4.78 is 1.87. The number of anilines is 1. The van der Waals surface area contributed by atoms with Crippen molar-refractivity contribution in [1.82, 2.24) is 25.3 Å². The smallest absolute Gasteiger partial charge is 0.191 e. The quantitative estimate of drug-likeness (QED) is 0.316. The van der Waals surface area contributed by atoms with Crippen LogP contribution >= 0.6 is 24.0 Å². The molecule has 0 spiro atoms. The molecule has 0 radical (unpaired) electrons. The molecule has 2 rings (SSSR count). The van der Waals surface area contributed by atoms with Crippen molar-refractivity contribution in [3.05, 3.63) is 12.4 Å². The zero-order valence-corrected chi connectivity index (χ0v) is 19.8. The highest BCUT2D eigenvalue weighted by Gasteiger charge is 2.21. The fraction of sp³-hybridized carbons (Fsp3) is 0.789. The molecule has 2 heterocycles. The number of piperidine rings is 1. The van der Waals surface area contributed by atoms with Gasteiger partial charge >= 0.3 is 0 Å². The number of aromatic nitrogens is 2. The van der Waals surface area contributed by atoms with E-state index in [1.54, 1.807) is 0 Å². The monoisotopic (exact) mass is 491 g/mol. The molecule has 0 aromatic carbocycles. The molecule has 0 bridgehead atoms. The molecule has 1 aliphatic rings. The van der Waals surface area contributed by atoms with Crippen LogP contribution in [0.5, 0.6) is 0 Å². The Balaban J connectivity index is 0.00000364. The van der Waals surface area contributed by atoms with E-state index in [2.05, 4.69) is 52.5 Å². The van der Waals surface area contributed by atoms with Gasteiger partial charge in [-0.05, 0) is 39.3 Å². The Morgan fingerprint density at radius 2 is 2.15 bits per heavy atom. The second kappa shape index (κ2) is 13.2. The SMILES string of the molecule is CCCN(CC)CCN=C(NCC)NC1CCCN(c2cnn(C)c2)C1.I. The van der Waals surface area contributed by atoms with Crippen LogP contribution in [0, 0.1) is 0 Å². The summed E-state index contributed by atoms with van der Waals surface area (Å²) in [6, 6.07) is 0.416. The van der Waals surface area contributed by atoms with Crippen LogP contribution in [0.25, 0.3) is 0 Å². The minimum Gasteiger partial charge on any atom is -0.367 e. The van der Waals surface area contributed by atoms with Crippen LogP contribution in [0.3, 0.4) is 0 Å². The Kier molecular flexibility index (Phi) is 11.7. The van der Waals surface area contributed by atoms with Gasteiger partial charge in [0.05, 0.1) is 18.4 Å². The number of nitrogens with one attached hydrogen (secondary N) is 2. The average molecular weight is 491 g/mol. The van der Waals surface area contributed by atoms with E-state index >= 15 is 0 Å². The largest absolute Gasteiger partial charge is 0.367 e. The van der Waals surface area contributed by atoms with E-state index in [9.17, 15) is 0 Å². The van der Waals surface area contributed by atoms with Gasteiger partial charge in [-0.25, -0.2) is 0 Å². The highest BCUT2D eigenvalue weighted by atomic mass is 127. The highest BCUT2D eigenvalue weighted by Crippen LogP contribution is 2.18. The van der Waals surface area contributed by atoms with E-state index in [4.69, 9.17) is 4.99 Å². The van der Waals surface area contributed by atoms with Crippen molar-refractivity contribution in [2.45, 2.75) is 46.1 Å². The molecule has 27 heavy (non-hydrogen) atoms. The van der Waals surface area contributed by atoms with Crippen molar-refractivity contribution in [1.29, 1.82) is 0 Å². The van der Waals surface area contributed by atoms with Crippen molar-refractivity contribution in [3.8, 4) is 0 Å². The highest BCUT2D eigenvalue weighted by molar-refractivity contribution is 14.0. The molecule has 7 nitrogen and oxygen atoms in total. The number of likely N-dealkylation sites (N-methyl/N-ethyl adjacent to an activating group) is 1. The third kappa shape index (κ3) is 8.25. The van der Waals surface area contributed by atoms with E-state index < -0.39 is 0 Å². The van der Waals surface area contributed by atoms with Crippen molar-refractivity contribution >= 4 is 35.6 Å². The first kappa shape index (κ1) is 24.0. The molecule has 8 heteroatoms. The fourth-order valence-corrected chi connectivity index (χ4v) is 3.46. The second-order valence-corrected chi connectivity index (χ2v) is 7.00. The van der Waals surface area contributed by atoms with E-state index in [0.29, 0.717) is 6.04 Å². The van der Waals surface area contributed by atoms with Crippen molar-refractivity contribution < 1.29 is 0 Å².